The molecule has 0 amide bonds. The van der Waals surface area contributed by atoms with Crippen LogP contribution in [-0.2, 0) is 6.54 Å². The van der Waals surface area contributed by atoms with Crippen LogP contribution >= 0.6 is 0 Å². The molecule has 2 rings (SSSR count). The van der Waals surface area contributed by atoms with Crippen LogP contribution in [-0.4, -0.2) is 19.9 Å². The number of aromatic nitrogens is 3. The molecule has 1 atom stereocenters. The third kappa shape index (κ3) is 2.59. The zero-order valence-electron chi connectivity index (χ0n) is 11.3. The Kier molecular flexibility index (Phi) is 3.48. The molecule has 1 aromatic heterocycles. The molecule has 0 fully saturated rings. The van der Waals surface area contributed by atoms with E-state index in [1.54, 1.807) is 4.68 Å². The Morgan fingerprint density at radius 1 is 1.22 bits per heavy atom. The van der Waals surface area contributed by atoms with E-state index in [1.807, 2.05) is 39.8 Å². The number of aliphatic hydroxyl groups excluding tert-OH is 1. The summed E-state index contributed by atoms with van der Waals surface area (Å²) in [7, 11) is 0. The highest BCUT2D eigenvalue weighted by Gasteiger charge is 2.13. The van der Waals surface area contributed by atoms with Crippen molar-refractivity contribution in [2.24, 2.45) is 0 Å². The number of aliphatic hydroxyl groups is 1. The van der Waals surface area contributed by atoms with E-state index in [-0.39, 0.29) is 0 Å². The number of aryl methyl sites for hydroxylation is 4. The first-order chi connectivity index (χ1) is 8.47. The van der Waals surface area contributed by atoms with Crippen molar-refractivity contribution in [2.45, 2.75) is 40.3 Å². The van der Waals surface area contributed by atoms with E-state index in [9.17, 15) is 5.11 Å². The first-order valence-corrected chi connectivity index (χ1v) is 6.10. The number of hydrogen-bond donors (Lipinski definition) is 1. The SMILES string of the molecule is Cc1ccc(C)c(C(O)Cn2nc(C)nc2C)c1. The maximum absolute atomic E-state index is 10.3. The van der Waals surface area contributed by atoms with Crippen LogP contribution in [0.5, 0.6) is 0 Å². The molecular formula is C14H19N3O. The van der Waals surface area contributed by atoms with E-state index in [0.29, 0.717) is 6.54 Å². The van der Waals surface area contributed by atoms with Gasteiger partial charge in [-0.2, -0.15) is 5.10 Å². The van der Waals surface area contributed by atoms with Crippen molar-refractivity contribution < 1.29 is 5.11 Å². The molecule has 0 saturated heterocycles. The molecule has 0 aliphatic heterocycles. The highest BCUT2D eigenvalue weighted by atomic mass is 16.3. The van der Waals surface area contributed by atoms with E-state index in [4.69, 9.17) is 0 Å². The van der Waals surface area contributed by atoms with Gasteiger partial charge in [0, 0.05) is 0 Å². The fraction of sp³-hybridized carbons (Fsp3) is 0.429. The summed E-state index contributed by atoms with van der Waals surface area (Å²) in [4.78, 5) is 4.24. The van der Waals surface area contributed by atoms with Crippen molar-refractivity contribution in [3.63, 3.8) is 0 Å². The average Bonchev–Trinajstić information content (AvgIpc) is 2.61. The van der Waals surface area contributed by atoms with Gasteiger partial charge in [0.1, 0.15) is 11.6 Å². The van der Waals surface area contributed by atoms with Crippen molar-refractivity contribution >= 4 is 0 Å². The molecule has 1 unspecified atom stereocenters. The molecule has 2 aromatic rings. The van der Waals surface area contributed by atoms with Crippen LogP contribution in [0.15, 0.2) is 18.2 Å². The maximum atomic E-state index is 10.3. The van der Waals surface area contributed by atoms with Gasteiger partial charge in [0.2, 0.25) is 0 Å². The predicted octanol–water partition coefficient (Wildman–Crippen LogP) is 2.25. The maximum Gasteiger partial charge on any atom is 0.147 e. The summed E-state index contributed by atoms with van der Waals surface area (Å²) in [6.07, 6.45) is -0.551. The molecule has 0 radical (unpaired) electrons. The van der Waals surface area contributed by atoms with Crippen LogP contribution in [0.1, 0.15) is 34.4 Å². The van der Waals surface area contributed by atoms with E-state index in [0.717, 1.165) is 28.3 Å². The molecular weight excluding hydrogens is 226 g/mol. The molecule has 96 valence electrons. The van der Waals surface area contributed by atoms with Gasteiger partial charge in [-0.3, -0.25) is 0 Å². The molecule has 1 aromatic carbocycles. The van der Waals surface area contributed by atoms with Gasteiger partial charge in [-0.25, -0.2) is 9.67 Å². The third-order valence-corrected chi connectivity index (χ3v) is 3.10. The smallest absolute Gasteiger partial charge is 0.147 e. The van der Waals surface area contributed by atoms with Gasteiger partial charge in [0.15, 0.2) is 0 Å². The van der Waals surface area contributed by atoms with Gasteiger partial charge in [-0.15, -0.1) is 0 Å². The topological polar surface area (TPSA) is 50.9 Å². The first kappa shape index (κ1) is 12.8. The Balaban J connectivity index is 2.24. The minimum absolute atomic E-state index is 0.441. The lowest BCUT2D eigenvalue weighted by Crippen LogP contribution is -2.12. The molecule has 0 aliphatic carbocycles. The summed E-state index contributed by atoms with van der Waals surface area (Å²) in [5.41, 5.74) is 3.21. The largest absolute Gasteiger partial charge is 0.386 e. The molecule has 0 spiro atoms. The van der Waals surface area contributed by atoms with E-state index < -0.39 is 6.10 Å². The van der Waals surface area contributed by atoms with Crippen molar-refractivity contribution in [3.05, 3.63) is 46.5 Å². The summed E-state index contributed by atoms with van der Waals surface area (Å²) < 4.78 is 1.75. The normalized spacial score (nSPS) is 12.7. The Labute approximate surface area is 107 Å². The van der Waals surface area contributed by atoms with Gasteiger partial charge >= 0.3 is 0 Å². The fourth-order valence-electron chi connectivity index (χ4n) is 2.12. The van der Waals surface area contributed by atoms with E-state index in [2.05, 4.69) is 16.1 Å². The minimum atomic E-state index is -0.551. The second-order valence-electron chi connectivity index (χ2n) is 4.76. The van der Waals surface area contributed by atoms with Crippen LogP contribution < -0.4 is 0 Å². The lowest BCUT2D eigenvalue weighted by molar-refractivity contribution is 0.149. The van der Waals surface area contributed by atoms with Crippen molar-refractivity contribution in [1.29, 1.82) is 0 Å². The zero-order chi connectivity index (χ0) is 13.3. The number of nitrogens with zero attached hydrogens (tertiary/aromatic N) is 3. The van der Waals surface area contributed by atoms with Crippen LogP contribution in [0.3, 0.4) is 0 Å². The molecule has 4 heteroatoms. The van der Waals surface area contributed by atoms with Crippen LogP contribution in [0.2, 0.25) is 0 Å². The second kappa shape index (κ2) is 4.90. The van der Waals surface area contributed by atoms with Crippen LogP contribution in [0.4, 0.5) is 0 Å². The summed E-state index contributed by atoms with van der Waals surface area (Å²) in [6, 6.07) is 6.11. The average molecular weight is 245 g/mol. The van der Waals surface area contributed by atoms with Gasteiger partial charge in [0.05, 0.1) is 12.6 Å². The van der Waals surface area contributed by atoms with Crippen molar-refractivity contribution in [2.75, 3.05) is 0 Å². The van der Waals surface area contributed by atoms with Crippen molar-refractivity contribution in [1.82, 2.24) is 14.8 Å². The number of rotatable bonds is 3. The molecule has 4 nitrogen and oxygen atoms in total. The van der Waals surface area contributed by atoms with E-state index >= 15 is 0 Å². The molecule has 18 heavy (non-hydrogen) atoms. The summed E-state index contributed by atoms with van der Waals surface area (Å²) >= 11 is 0. The second-order valence-corrected chi connectivity index (χ2v) is 4.76. The van der Waals surface area contributed by atoms with Crippen LogP contribution in [0.25, 0.3) is 0 Å². The molecule has 0 bridgehead atoms. The predicted molar refractivity (Wildman–Crippen MR) is 70.4 cm³/mol. The Morgan fingerprint density at radius 2 is 1.94 bits per heavy atom. The van der Waals surface area contributed by atoms with Gasteiger partial charge in [-0.1, -0.05) is 23.8 Å². The third-order valence-electron chi connectivity index (χ3n) is 3.10. The molecule has 0 aliphatic rings. The molecule has 1 heterocycles. The van der Waals surface area contributed by atoms with Crippen LogP contribution in [0, 0.1) is 27.7 Å². The zero-order valence-corrected chi connectivity index (χ0v) is 11.3. The summed E-state index contributed by atoms with van der Waals surface area (Å²) in [5.74, 6) is 1.57. The Bertz CT molecular complexity index is 560. The quantitative estimate of drug-likeness (QED) is 0.902. The number of hydrogen-bond acceptors (Lipinski definition) is 3. The van der Waals surface area contributed by atoms with Gasteiger partial charge in [-0.05, 0) is 38.8 Å². The van der Waals surface area contributed by atoms with Gasteiger partial charge < -0.3 is 5.11 Å². The van der Waals surface area contributed by atoms with Gasteiger partial charge in [0.25, 0.3) is 0 Å². The first-order valence-electron chi connectivity index (χ1n) is 6.10. The number of benzene rings is 1. The lowest BCUT2D eigenvalue weighted by atomic mass is 10.0. The summed E-state index contributed by atoms with van der Waals surface area (Å²) in [5, 5.41) is 14.6. The monoisotopic (exact) mass is 245 g/mol. The molecule has 1 N–H and O–H groups in total. The lowest BCUT2D eigenvalue weighted by Gasteiger charge is -2.15. The van der Waals surface area contributed by atoms with Crippen molar-refractivity contribution in [3.8, 4) is 0 Å². The molecule has 0 saturated carbocycles. The Hall–Kier alpha value is -1.68. The Morgan fingerprint density at radius 3 is 2.56 bits per heavy atom. The minimum Gasteiger partial charge on any atom is -0.386 e. The fourth-order valence-corrected chi connectivity index (χ4v) is 2.12. The summed E-state index contributed by atoms with van der Waals surface area (Å²) in [6.45, 7) is 8.23. The highest BCUT2D eigenvalue weighted by molar-refractivity contribution is 5.32. The van der Waals surface area contributed by atoms with E-state index in [1.165, 1.54) is 0 Å². The standard InChI is InChI=1S/C14H19N3O/c1-9-5-6-10(2)13(7-9)14(18)8-17-12(4)15-11(3)16-17/h5-7,14,18H,8H2,1-4H3. The highest BCUT2D eigenvalue weighted by Crippen LogP contribution is 2.20.